The normalized spacial score (nSPS) is 10.5. The van der Waals surface area contributed by atoms with Crippen LogP contribution in [0.3, 0.4) is 0 Å². The first kappa shape index (κ1) is 16.7. The molecule has 0 radical (unpaired) electrons. The highest BCUT2D eigenvalue weighted by Crippen LogP contribution is 2.24. The number of hydrogen-bond donors (Lipinski definition) is 1. The molecule has 0 saturated carbocycles. The van der Waals surface area contributed by atoms with E-state index in [2.05, 4.69) is 5.32 Å². The van der Waals surface area contributed by atoms with Crippen LogP contribution >= 0.6 is 23.4 Å². The Kier molecular flexibility index (Phi) is 5.74. The summed E-state index contributed by atoms with van der Waals surface area (Å²) >= 11 is 6.96. The highest BCUT2D eigenvalue weighted by Gasteiger charge is 2.13. The Balaban J connectivity index is 1.91. The molecule has 2 aromatic rings. The van der Waals surface area contributed by atoms with Crippen LogP contribution in [0.5, 0.6) is 0 Å². The van der Waals surface area contributed by atoms with Crippen LogP contribution in [-0.2, 0) is 10.5 Å². The van der Waals surface area contributed by atoms with E-state index in [1.807, 2.05) is 0 Å². The molecule has 2 nitrogen and oxygen atoms in total. The minimum absolute atomic E-state index is 0.0849. The third-order valence-electron chi connectivity index (χ3n) is 2.77. The molecule has 0 saturated heterocycles. The zero-order chi connectivity index (χ0) is 16.1. The average molecular weight is 346 g/mol. The van der Waals surface area contributed by atoms with Crippen molar-refractivity contribution >= 4 is 35.0 Å². The Bertz CT molecular complexity index is 656. The van der Waals surface area contributed by atoms with Gasteiger partial charge in [0, 0.05) is 16.3 Å². The number of anilines is 1. The molecule has 0 spiro atoms. The Labute approximate surface area is 134 Å². The van der Waals surface area contributed by atoms with Crippen molar-refractivity contribution in [2.45, 2.75) is 5.75 Å². The summed E-state index contributed by atoms with van der Waals surface area (Å²) < 4.78 is 40.3. The van der Waals surface area contributed by atoms with E-state index in [1.165, 1.54) is 18.2 Å². The average Bonchev–Trinajstić information content (AvgIpc) is 2.46. The lowest BCUT2D eigenvalue weighted by Gasteiger charge is -2.08. The van der Waals surface area contributed by atoms with Crippen molar-refractivity contribution in [1.29, 1.82) is 0 Å². The number of hydrogen-bond acceptors (Lipinski definition) is 2. The monoisotopic (exact) mass is 345 g/mol. The second-order valence-corrected chi connectivity index (χ2v) is 5.73. The molecule has 1 N–H and O–H groups in total. The number of carbonyl (C=O) groups excluding carboxylic acids is 1. The number of thioether (sulfide) groups is 1. The van der Waals surface area contributed by atoms with Gasteiger partial charge in [-0.15, -0.1) is 11.8 Å². The summed E-state index contributed by atoms with van der Waals surface area (Å²) in [6.45, 7) is 0. The number of nitrogens with one attached hydrogen (secondary N) is 1. The quantitative estimate of drug-likeness (QED) is 0.856. The molecule has 0 heterocycles. The van der Waals surface area contributed by atoms with E-state index in [-0.39, 0.29) is 16.5 Å². The Morgan fingerprint density at radius 3 is 2.27 bits per heavy atom. The summed E-state index contributed by atoms with van der Waals surface area (Å²) in [5.74, 6) is -2.65. The van der Waals surface area contributed by atoms with Crippen LogP contribution in [-0.4, -0.2) is 11.7 Å². The van der Waals surface area contributed by atoms with E-state index >= 15 is 0 Å². The standard InChI is InChI=1S/C15H11ClF3NOS/c16-10-3-1-4-11(17)9(10)7-22-8-14(21)20-15-12(18)5-2-6-13(15)19/h1-6H,7-8H2,(H,20,21). The number of rotatable bonds is 5. The van der Waals surface area contributed by atoms with E-state index in [9.17, 15) is 18.0 Å². The number of benzene rings is 2. The summed E-state index contributed by atoms with van der Waals surface area (Å²) in [6.07, 6.45) is 0. The van der Waals surface area contributed by atoms with E-state index in [0.29, 0.717) is 5.56 Å². The van der Waals surface area contributed by atoms with Crippen LogP contribution in [0.15, 0.2) is 36.4 Å². The molecule has 0 aliphatic heterocycles. The molecule has 0 unspecified atom stereocenters. The first-order valence-electron chi connectivity index (χ1n) is 6.23. The fourth-order valence-corrected chi connectivity index (χ4v) is 2.87. The molecule has 0 bridgehead atoms. The van der Waals surface area contributed by atoms with Gasteiger partial charge in [-0.2, -0.15) is 0 Å². The molecule has 2 aromatic carbocycles. The Hall–Kier alpha value is -1.66. The van der Waals surface area contributed by atoms with E-state index in [1.54, 1.807) is 6.07 Å². The van der Waals surface area contributed by atoms with Gasteiger partial charge < -0.3 is 5.32 Å². The van der Waals surface area contributed by atoms with Crippen molar-refractivity contribution in [3.63, 3.8) is 0 Å². The zero-order valence-electron chi connectivity index (χ0n) is 11.2. The molecule has 2 rings (SSSR count). The van der Waals surface area contributed by atoms with Crippen LogP contribution in [0, 0.1) is 17.5 Å². The molecule has 0 aliphatic carbocycles. The van der Waals surface area contributed by atoms with Gasteiger partial charge in [0.2, 0.25) is 5.91 Å². The molecule has 0 fully saturated rings. The zero-order valence-corrected chi connectivity index (χ0v) is 12.8. The lowest BCUT2D eigenvalue weighted by molar-refractivity contribution is -0.113. The fourth-order valence-electron chi connectivity index (χ4n) is 1.71. The Morgan fingerprint density at radius 1 is 1.05 bits per heavy atom. The number of amides is 1. The van der Waals surface area contributed by atoms with Gasteiger partial charge in [0.15, 0.2) is 0 Å². The summed E-state index contributed by atoms with van der Waals surface area (Å²) in [7, 11) is 0. The Morgan fingerprint density at radius 2 is 1.64 bits per heavy atom. The maximum Gasteiger partial charge on any atom is 0.234 e. The lowest BCUT2D eigenvalue weighted by atomic mass is 10.2. The molecular formula is C15H11ClF3NOS. The minimum atomic E-state index is -0.851. The summed E-state index contributed by atoms with van der Waals surface area (Å²) in [6, 6.07) is 7.61. The van der Waals surface area contributed by atoms with Crippen LogP contribution in [0.4, 0.5) is 18.9 Å². The summed E-state index contributed by atoms with van der Waals surface area (Å²) in [5, 5.41) is 2.43. The van der Waals surface area contributed by atoms with Gasteiger partial charge >= 0.3 is 0 Å². The maximum absolute atomic E-state index is 13.5. The molecule has 0 atom stereocenters. The molecule has 7 heteroatoms. The first-order chi connectivity index (χ1) is 10.5. The second kappa shape index (κ2) is 7.56. The molecule has 0 aliphatic rings. The molecule has 22 heavy (non-hydrogen) atoms. The predicted octanol–water partition coefficient (Wildman–Crippen LogP) is 4.63. The van der Waals surface area contributed by atoms with Crippen molar-refractivity contribution in [2.75, 3.05) is 11.1 Å². The fraction of sp³-hybridized carbons (Fsp3) is 0.133. The van der Waals surface area contributed by atoms with Crippen LogP contribution in [0.25, 0.3) is 0 Å². The molecule has 1 amide bonds. The summed E-state index contributed by atoms with van der Waals surface area (Å²) in [4.78, 5) is 11.7. The molecular weight excluding hydrogens is 335 g/mol. The van der Waals surface area contributed by atoms with Crippen molar-refractivity contribution in [3.8, 4) is 0 Å². The van der Waals surface area contributed by atoms with Gasteiger partial charge in [-0.3, -0.25) is 4.79 Å². The van der Waals surface area contributed by atoms with Gasteiger partial charge in [-0.1, -0.05) is 23.7 Å². The topological polar surface area (TPSA) is 29.1 Å². The van der Waals surface area contributed by atoms with Crippen molar-refractivity contribution < 1.29 is 18.0 Å². The smallest absolute Gasteiger partial charge is 0.234 e. The van der Waals surface area contributed by atoms with Gasteiger partial charge in [0.1, 0.15) is 23.1 Å². The van der Waals surface area contributed by atoms with E-state index in [4.69, 9.17) is 11.6 Å². The van der Waals surface area contributed by atoms with Crippen molar-refractivity contribution in [2.24, 2.45) is 0 Å². The number of halogens is 4. The predicted molar refractivity (Wildman–Crippen MR) is 82.6 cm³/mol. The van der Waals surface area contributed by atoms with Crippen molar-refractivity contribution in [1.82, 2.24) is 0 Å². The van der Waals surface area contributed by atoms with Gasteiger partial charge in [-0.05, 0) is 24.3 Å². The number of para-hydroxylation sites is 1. The largest absolute Gasteiger partial charge is 0.320 e. The van der Waals surface area contributed by atoms with Crippen molar-refractivity contribution in [3.05, 3.63) is 64.4 Å². The van der Waals surface area contributed by atoms with Gasteiger partial charge in [0.05, 0.1) is 5.75 Å². The molecule has 0 aromatic heterocycles. The second-order valence-electron chi connectivity index (χ2n) is 4.34. The third-order valence-corrected chi connectivity index (χ3v) is 4.08. The summed E-state index contributed by atoms with van der Waals surface area (Å²) in [5.41, 5.74) is -0.198. The SMILES string of the molecule is O=C(CSCc1c(F)cccc1Cl)Nc1c(F)cccc1F. The maximum atomic E-state index is 13.5. The molecule has 116 valence electrons. The van der Waals surface area contributed by atoms with E-state index < -0.39 is 29.0 Å². The highest BCUT2D eigenvalue weighted by atomic mass is 35.5. The highest BCUT2D eigenvalue weighted by molar-refractivity contribution is 7.99. The third kappa shape index (κ3) is 4.18. The number of carbonyl (C=O) groups is 1. The first-order valence-corrected chi connectivity index (χ1v) is 7.77. The lowest BCUT2D eigenvalue weighted by Crippen LogP contribution is -2.16. The van der Waals surface area contributed by atoms with Gasteiger partial charge in [-0.25, -0.2) is 13.2 Å². The van der Waals surface area contributed by atoms with Gasteiger partial charge in [0.25, 0.3) is 0 Å². The minimum Gasteiger partial charge on any atom is -0.320 e. The van der Waals surface area contributed by atoms with Crippen LogP contribution in [0.1, 0.15) is 5.56 Å². The van der Waals surface area contributed by atoms with E-state index in [0.717, 1.165) is 23.9 Å². The van der Waals surface area contributed by atoms with Crippen LogP contribution in [0.2, 0.25) is 5.02 Å². The van der Waals surface area contributed by atoms with Crippen LogP contribution < -0.4 is 5.32 Å².